The lowest BCUT2D eigenvalue weighted by Gasteiger charge is -2.42. The summed E-state index contributed by atoms with van der Waals surface area (Å²) >= 11 is 0. The smallest absolute Gasteiger partial charge is 0.328 e. The number of nitrogens with one attached hydrogen (secondary N) is 1. The third-order valence-corrected chi connectivity index (χ3v) is 7.27. The molecule has 2 aromatic carbocycles. The normalized spacial score (nSPS) is 21.4. The number of amides is 3. The summed E-state index contributed by atoms with van der Waals surface area (Å²) in [5, 5.41) is 1.02. The molecule has 0 spiro atoms. The molecule has 3 heterocycles. The Morgan fingerprint density at radius 1 is 1.23 bits per heavy atom. The average molecular weight is 471 g/mol. The van der Waals surface area contributed by atoms with Gasteiger partial charge in [0.2, 0.25) is 0 Å². The Kier molecular flexibility index (Phi) is 5.78. The Morgan fingerprint density at radius 3 is 2.71 bits per heavy atom. The van der Waals surface area contributed by atoms with Gasteiger partial charge in [-0.15, -0.1) is 6.42 Å². The number of benzene rings is 2. The van der Waals surface area contributed by atoms with Crippen LogP contribution in [0.15, 0.2) is 48.5 Å². The highest BCUT2D eigenvalue weighted by Crippen LogP contribution is 2.48. The first-order valence-corrected chi connectivity index (χ1v) is 11.9. The fraction of sp³-hybridized carbons (Fsp3) is 0.357. The lowest BCUT2D eigenvalue weighted by Crippen LogP contribution is -2.53. The van der Waals surface area contributed by atoms with Crippen LogP contribution in [0.4, 0.5) is 4.79 Å². The molecule has 0 radical (unpaired) electrons. The van der Waals surface area contributed by atoms with E-state index < -0.39 is 11.6 Å². The lowest BCUT2D eigenvalue weighted by atomic mass is 9.81. The van der Waals surface area contributed by atoms with E-state index in [2.05, 4.69) is 10.9 Å². The number of carbonyl (C=O) groups excluding carboxylic acids is 2. The minimum absolute atomic E-state index is 0.147. The van der Waals surface area contributed by atoms with E-state index in [1.54, 1.807) is 12.0 Å². The van der Waals surface area contributed by atoms with Crippen LogP contribution < -0.4 is 4.74 Å². The molecule has 1 aromatic heterocycles. The van der Waals surface area contributed by atoms with Crippen molar-refractivity contribution in [3.05, 3.63) is 65.4 Å². The van der Waals surface area contributed by atoms with Crippen LogP contribution in [0.2, 0.25) is 0 Å². The molecule has 0 saturated carbocycles. The highest BCUT2D eigenvalue weighted by Gasteiger charge is 2.59. The van der Waals surface area contributed by atoms with Crippen molar-refractivity contribution in [2.24, 2.45) is 0 Å². The van der Waals surface area contributed by atoms with Gasteiger partial charge in [-0.1, -0.05) is 36.3 Å². The van der Waals surface area contributed by atoms with Gasteiger partial charge in [0, 0.05) is 36.1 Å². The summed E-state index contributed by atoms with van der Waals surface area (Å²) in [6.45, 7) is 3.51. The quantitative estimate of drug-likeness (QED) is 0.421. The van der Waals surface area contributed by atoms with E-state index in [1.165, 1.54) is 4.90 Å². The van der Waals surface area contributed by atoms with Gasteiger partial charge in [-0.3, -0.25) is 19.5 Å². The van der Waals surface area contributed by atoms with Gasteiger partial charge >= 0.3 is 6.03 Å². The number of terminal acetylenes is 1. The number of rotatable bonds is 7. The summed E-state index contributed by atoms with van der Waals surface area (Å²) in [5.41, 5.74) is 2.97. The first-order chi connectivity index (χ1) is 16.9. The van der Waals surface area contributed by atoms with E-state index >= 15 is 0 Å². The highest BCUT2D eigenvalue weighted by atomic mass is 16.5. The number of methoxy groups -OCH3 is 1. The van der Waals surface area contributed by atoms with Crippen LogP contribution in [0.5, 0.6) is 5.75 Å². The van der Waals surface area contributed by atoms with Crippen molar-refractivity contribution in [1.29, 1.82) is 0 Å². The lowest BCUT2D eigenvalue weighted by molar-refractivity contribution is -0.133. The molecule has 1 N–H and O–H groups in total. The molecule has 3 amide bonds. The van der Waals surface area contributed by atoms with Gasteiger partial charge in [0.1, 0.15) is 17.3 Å². The number of aromatic nitrogens is 1. The molecule has 180 valence electrons. The predicted octanol–water partition coefficient (Wildman–Crippen LogP) is 3.80. The molecular formula is C28H30N4O3. The van der Waals surface area contributed by atoms with Crippen LogP contribution in [0.3, 0.4) is 0 Å². The van der Waals surface area contributed by atoms with E-state index in [4.69, 9.17) is 11.2 Å². The standard InChI is InChI=1S/C28H30N4O3/c1-5-14-30(3)15-9-16-31-26(33)28(2)18-22-21-17-20(35-4)12-13-23(21)29-24(22)25(32(28)27(31)34)19-10-7-6-8-11-19/h1,6-8,10-13,17,25,29H,9,14-16,18H2,2-4H3/t25-,28+/m1/s1. The maximum atomic E-state index is 13.8. The largest absolute Gasteiger partial charge is 0.497 e. The number of hydrogen-bond donors (Lipinski definition) is 1. The molecule has 1 saturated heterocycles. The summed E-state index contributed by atoms with van der Waals surface area (Å²) in [7, 11) is 3.59. The van der Waals surface area contributed by atoms with Crippen LogP contribution in [0, 0.1) is 12.3 Å². The Labute approximate surface area is 205 Å². The maximum absolute atomic E-state index is 13.8. The van der Waals surface area contributed by atoms with E-state index in [-0.39, 0.29) is 11.9 Å². The van der Waals surface area contributed by atoms with E-state index in [0.717, 1.165) is 33.5 Å². The second-order valence-corrected chi connectivity index (χ2v) is 9.60. The fourth-order valence-corrected chi connectivity index (χ4v) is 5.53. The van der Waals surface area contributed by atoms with Crippen LogP contribution in [0.1, 0.15) is 36.2 Å². The zero-order valence-corrected chi connectivity index (χ0v) is 20.4. The fourth-order valence-electron chi connectivity index (χ4n) is 5.53. The van der Waals surface area contributed by atoms with Crippen molar-refractivity contribution in [3.63, 3.8) is 0 Å². The molecule has 0 aliphatic carbocycles. The van der Waals surface area contributed by atoms with Gasteiger partial charge in [-0.25, -0.2) is 4.79 Å². The van der Waals surface area contributed by atoms with Gasteiger partial charge < -0.3 is 9.72 Å². The number of H-pyrrole nitrogens is 1. The van der Waals surface area contributed by atoms with E-state index in [1.807, 2.05) is 67.4 Å². The summed E-state index contributed by atoms with van der Waals surface area (Å²) in [5.74, 6) is 3.23. The number of nitrogens with zero attached hydrogens (tertiary/aromatic N) is 3. The number of carbonyl (C=O) groups is 2. The number of fused-ring (bicyclic) bond motifs is 4. The Bertz CT molecular complexity index is 1330. The SMILES string of the molecule is C#CCN(C)CCCN1C(=O)N2[C@H](c3ccccc3)c3[nH]c4ccc(OC)cc4c3C[C@@]2(C)C1=O. The molecule has 2 atom stereocenters. The molecule has 7 nitrogen and oxygen atoms in total. The molecule has 0 unspecified atom stereocenters. The van der Waals surface area contributed by atoms with Crippen molar-refractivity contribution in [1.82, 2.24) is 19.7 Å². The Hall–Kier alpha value is -3.76. The van der Waals surface area contributed by atoms with Crippen LogP contribution in [-0.2, 0) is 11.2 Å². The van der Waals surface area contributed by atoms with Gasteiger partial charge in [0.15, 0.2) is 0 Å². The predicted molar refractivity (Wildman–Crippen MR) is 135 cm³/mol. The van der Waals surface area contributed by atoms with Crippen molar-refractivity contribution in [2.75, 3.05) is 33.8 Å². The van der Waals surface area contributed by atoms with Crippen molar-refractivity contribution >= 4 is 22.8 Å². The second kappa shape index (κ2) is 8.79. The monoisotopic (exact) mass is 470 g/mol. The molecule has 5 rings (SSSR count). The van der Waals surface area contributed by atoms with Gasteiger partial charge in [-0.2, -0.15) is 0 Å². The number of imide groups is 1. The molecule has 2 aliphatic rings. The summed E-state index contributed by atoms with van der Waals surface area (Å²) in [4.78, 5) is 36.4. The topological polar surface area (TPSA) is 68.9 Å². The minimum Gasteiger partial charge on any atom is -0.497 e. The van der Waals surface area contributed by atoms with E-state index in [0.29, 0.717) is 32.5 Å². The number of urea groups is 1. The van der Waals surface area contributed by atoms with Crippen LogP contribution >= 0.6 is 0 Å². The first-order valence-electron chi connectivity index (χ1n) is 11.9. The summed E-state index contributed by atoms with van der Waals surface area (Å²) in [6.07, 6.45) is 6.51. The maximum Gasteiger partial charge on any atom is 0.328 e. The van der Waals surface area contributed by atoms with E-state index in [9.17, 15) is 9.59 Å². The molecule has 35 heavy (non-hydrogen) atoms. The number of ether oxygens (including phenoxy) is 1. The van der Waals surface area contributed by atoms with Crippen LogP contribution in [0.25, 0.3) is 10.9 Å². The van der Waals surface area contributed by atoms with Gasteiger partial charge in [0.25, 0.3) is 5.91 Å². The third-order valence-electron chi connectivity index (χ3n) is 7.27. The Morgan fingerprint density at radius 2 is 2.00 bits per heavy atom. The zero-order chi connectivity index (χ0) is 24.7. The second-order valence-electron chi connectivity index (χ2n) is 9.60. The number of aromatic amines is 1. The minimum atomic E-state index is -0.979. The Balaban J connectivity index is 1.57. The molecule has 7 heteroatoms. The molecule has 3 aromatic rings. The molecule has 0 bridgehead atoms. The van der Waals surface area contributed by atoms with Crippen LogP contribution in [-0.4, -0.2) is 71.0 Å². The number of hydrogen-bond acceptors (Lipinski definition) is 4. The summed E-state index contributed by atoms with van der Waals surface area (Å²) < 4.78 is 5.47. The van der Waals surface area contributed by atoms with Gasteiger partial charge in [-0.05, 0) is 49.7 Å². The summed E-state index contributed by atoms with van der Waals surface area (Å²) in [6, 6.07) is 15.2. The average Bonchev–Trinajstić information content (AvgIpc) is 3.30. The molecule has 1 fully saturated rings. The first kappa shape index (κ1) is 23.0. The van der Waals surface area contributed by atoms with Crippen molar-refractivity contribution < 1.29 is 14.3 Å². The molecule has 2 aliphatic heterocycles. The van der Waals surface area contributed by atoms with Crippen molar-refractivity contribution in [3.8, 4) is 18.1 Å². The molecular weight excluding hydrogens is 440 g/mol. The van der Waals surface area contributed by atoms with Gasteiger partial charge in [0.05, 0.1) is 13.7 Å². The highest BCUT2D eigenvalue weighted by molar-refractivity contribution is 6.08. The zero-order valence-electron chi connectivity index (χ0n) is 20.4. The van der Waals surface area contributed by atoms with Crippen molar-refractivity contribution in [2.45, 2.75) is 31.3 Å². The third kappa shape index (κ3) is 3.65.